The first-order valence-corrected chi connectivity index (χ1v) is 8.76. The molecule has 6 N–H and O–H groups in total. The summed E-state index contributed by atoms with van der Waals surface area (Å²) in [7, 11) is 0. The molecule has 0 aliphatic heterocycles. The monoisotopic (exact) mass is 326 g/mol. The van der Waals surface area contributed by atoms with Gasteiger partial charge >= 0.3 is 0 Å². The number of guanidine groups is 1. The van der Waals surface area contributed by atoms with Gasteiger partial charge < -0.3 is 21.9 Å². The molecule has 6 heteroatoms. The van der Waals surface area contributed by atoms with Gasteiger partial charge in [0.05, 0.1) is 12.1 Å². The molecule has 1 aliphatic carbocycles. The maximum absolute atomic E-state index is 11.7. The Morgan fingerprint density at radius 3 is 2.26 bits per heavy atom. The Balaban J connectivity index is 3.20. The maximum Gasteiger partial charge on any atom is 0.217 e. The SMILES string of the molecule is CCC(CC)[C@H](NC(C)=O)[C@H]1C(N=C(N)N)CC(C(C)C)[C@H]1O. The zero-order chi connectivity index (χ0) is 17.7. The number of aliphatic hydroxyl groups excluding tert-OH is 1. The van der Waals surface area contributed by atoms with E-state index in [0.29, 0.717) is 11.8 Å². The number of hydrogen-bond acceptors (Lipinski definition) is 3. The second kappa shape index (κ2) is 8.52. The summed E-state index contributed by atoms with van der Waals surface area (Å²) in [6.07, 6.45) is 2.11. The molecule has 0 spiro atoms. The van der Waals surface area contributed by atoms with Crippen LogP contribution in [0.1, 0.15) is 53.9 Å². The van der Waals surface area contributed by atoms with Gasteiger partial charge in [-0.05, 0) is 24.2 Å². The smallest absolute Gasteiger partial charge is 0.217 e. The van der Waals surface area contributed by atoms with Crippen LogP contribution in [0, 0.1) is 23.7 Å². The van der Waals surface area contributed by atoms with Gasteiger partial charge in [-0.15, -0.1) is 0 Å². The highest BCUT2D eigenvalue weighted by molar-refractivity contribution is 5.76. The van der Waals surface area contributed by atoms with Gasteiger partial charge in [-0.1, -0.05) is 40.5 Å². The van der Waals surface area contributed by atoms with Gasteiger partial charge in [0, 0.05) is 18.9 Å². The lowest BCUT2D eigenvalue weighted by Gasteiger charge is -2.36. The van der Waals surface area contributed by atoms with Gasteiger partial charge in [0.15, 0.2) is 5.96 Å². The molecule has 1 aliphatic rings. The standard InChI is InChI=1S/C17H34N4O2/c1-6-11(7-2)15(20-10(5)22)14-13(21-17(18)19)8-12(9(3)4)16(14)23/h9,11-16,23H,6-8H2,1-5H3,(H,20,22)(H4,18,19,21)/t12?,13?,14-,15+,16-/m1/s1. The number of nitrogens with two attached hydrogens (primary N) is 2. The maximum atomic E-state index is 11.7. The van der Waals surface area contributed by atoms with Crippen molar-refractivity contribution in [2.24, 2.45) is 40.1 Å². The van der Waals surface area contributed by atoms with Crippen molar-refractivity contribution in [3.63, 3.8) is 0 Å². The Kier molecular flexibility index (Phi) is 7.32. The first-order chi connectivity index (χ1) is 10.7. The highest BCUT2D eigenvalue weighted by Gasteiger charge is 2.48. The van der Waals surface area contributed by atoms with Crippen LogP contribution in [0.2, 0.25) is 0 Å². The molecule has 0 aromatic carbocycles. The molecule has 0 heterocycles. The van der Waals surface area contributed by atoms with Crippen molar-refractivity contribution in [1.82, 2.24) is 5.32 Å². The fourth-order valence-electron chi connectivity index (χ4n) is 4.10. The molecule has 1 amide bonds. The van der Waals surface area contributed by atoms with E-state index < -0.39 is 6.10 Å². The van der Waals surface area contributed by atoms with Crippen molar-refractivity contribution in [1.29, 1.82) is 0 Å². The number of aliphatic imine (C=N–C) groups is 1. The van der Waals surface area contributed by atoms with E-state index in [1.54, 1.807) is 0 Å². The predicted octanol–water partition coefficient (Wildman–Crippen LogP) is 1.22. The number of aliphatic hydroxyl groups is 1. The van der Waals surface area contributed by atoms with E-state index in [1.165, 1.54) is 6.92 Å². The van der Waals surface area contributed by atoms with E-state index in [1.807, 2.05) is 0 Å². The van der Waals surface area contributed by atoms with Crippen LogP contribution in [0.3, 0.4) is 0 Å². The Morgan fingerprint density at radius 2 is 1.87 bits per heavy atom. The van der Waals surface area contributed by atoms with Crippen LogP contribution >= 0.6 is 0 Å². The largest absolute Gasteiger partial charge is 0.392 e. The van der Waals surface area contributed by atoms with Gasteiger partial charge in [-0.25, -0.2) is 4.99 Å². The van der Waals surface area contributed by atoms with Crippen molar-refractivity contribution in [3.05, 3.63) is 0 Å². The van der Waals surface area contributed by atoms with Crippen molar-refractivity contribution in [2.75, 3.05) is 0 Å². The Morgan fingerprint density at radius 1 is 1.30 bits per heavy atom. The first-order valence-electron chi connectivity index (χ1n) is 8.76. The second-order valence-electron chi connectivity index (χ2n) is 7.14. The van der Waals surface area contributed by atoms with E-state index in [2.05, 4.69) is 38.0 Å². The number of hydrogen-bond donors (Lipinski definition) is 4. The molecule has 1 fully saturated rings. The number of rotatable bonds is 7. The van der Waals surface area contributed by atoms with E-state index in [9.17, 15) is 9.90 Å². The Labute approximate surface area is 140 Å². The summed E-state index contributed by atoms with van der Waals surface area (Å²) in [5.74, 6) is 0.581. The lowest BCUT2D eigenvalue weighted by atomic mass is 9.79. The molecule has 0 bridgehead atoms. The summed E-state index contributed by atoms with van der Waals surface area (Å²) < 4.78 is 0. The molecule has 1 saturated carbocycles. The van der Waals surface area contributed by atoms with Crippen LogP contribution < -0.4 is 16.8 Å². The Bertz CT molecular complexity index is 417. The molecular weight excluding hydrogens is 292 g/mol. The molecule has 134 valence electrons. The van der Waals surface area contributed by atoms with E-state index in [4.69, 9.17) is 11.5 Å². The van der Waals surface area contributed by atoms with Crippen LogP contribution in [0.5, 0.6) is 0 Å². The van der Waals surface area contributed by atoms with Crippen LogP contribution in [0.4, 0.5) is 0 Å². The van der Waals surface area contributed by atoms with Gasteiger partial charge in [-0.3, -0.25) is 4.79 Å². The average molecular weight is 326 g/mol. The van der Waals surface area contributed by atoms with E-state index >= 15 is 0 Å². The highest BCUT2D eigenvalue weighted by Crippen LogP contribution is 2.42. The number of carbonyl (C=O) groups is 1. The van der Waals surface area contributed by atoms with Crippen LogP contribution in [0.25, 0.3) is 0 Å². The van der Waals surface area contributed by atoms with Gasteiger partial charge in [0.1, 0.15) is 0 Å². The van der Waals surface area contributed by atoms with Crippen molar-refractivity contribution >= 4 is 11.9 Å². The minimum Gasteiger partial charge on any atom is -0.392 e. The third kappa shape index (κ3) is 4.83. The molecule has 0 aromatic rings. The molecule has 2 unspecified atom stereocenters. The van der Waals surface area contributed by atoms with Crippen molar-refractivity contribution in [2.45, 2.75) is 72.1 Å². The predicted molar refractivity (Wildman–Crippen MR) is 93.7 cm³/mol. The fourth-order valence-corrected chi connectivity index (χ4v) is 4.10. The molecule has 1 rings (SSSR count). The zero-order valence-corrected chi connectivity index (χ0v) is 15.1. The van der Waals surface area contributed by atoms with Crippen molar-refractivity contribution in [3.8, 4) is 0 Å². The molecule has 5 atom stereocenters. The molecule has 0 aromatic heterocycles. The van der Waals surface area contributed by atoms with Gasteiger partial charge in [0.2, 0.25) is 5.91 Å². The molecule has 6 nitrogen and oxygen atoms in total. The lowest BCUT2D eigenvalue weighted by molar-refractivity contribution is -0.121. The quantitative estimate of drug-likeness (QED) is 0.416. The molecule has 0 saturated heterocycles. The summed E-state index contributed by atoms with van der Waals surface area (Å²) in [4.78, 5) is 16.1. The lowest BCUT2D eigenvalue weighted by Crippen LogP contribution is -2.50. The summed E-state index contributed by atoms with van der Waals surface area (Å²) in [5, 5.41) is 14.0. The number of nitrogens with zero attached hydrogens (tertiary/aromatic N) is 1. The van der Waals surface area contributed by atoms with E-state index in [-0.39, 0.29) is 35.8 Å². The molecule has 0 radical (unpaired) electrons. The van der Waals surface area contributed by atoms with E-state index in [0.717, 1.165) is 19.3 Å². The topological polar surface area (TPSA) is 114 Å². The van der Waals surface area contributed by atoms with Crippen molar-refractivity contribution < 1.29 is 9.90 Å². The van der Waals surface area contributed by atoms with Gasteiger partial charge in [0.25, 0.3) is 0 Å². The Hall–Kier alpha value is -1.30. The highest BCUT2D eigenvalue weighted by atomic mass is 16.3. The minimum absolute atomic E-state index is 0.0442. The summed E-state index contributed by atoms with van der Waals surface area (Å²) in [6.45, 7) is 9.95. The zero-order valence-electron chi connectivity index (χ0n) is 15.1. The number of amides is 1. The third-order valence-corrected chi connectivity index (χ3v) is 5.30. The first kappa shape index (κ1) is 19.7. The summed E-state index contributed by atoms with van der Waals surface area (Å²) >= 11 is 0. The minimum atomic E-state index is -0.513. The average Bonchev–Trinajstić information content (AvgIpc) is 2.74. The fraction of sp³-hybridized carbons (Fsp3) is 0.882. The molecule has 23 heavy (non-hydrogen) atoms. The van der Waals surface area contributed by atoms with Gasteiger partial charge in [-0.2, -0.15) is 0 Å². The second-order valence-corrected chi connectivity index (χ2v) is 7.14. The van der Waals surface area contributed by atoms with Crippen LogP contribution in [-0.4, -0.2) is 35.2 Å². The summed E-state index contributed by atoms with van der Waals surface area (Å²) in [6, 6.07) is -0.269. The molecular formula is C17H34N4O2. The normalized spacial score (nSPS) is 28.9. The third-order valence-electron chi connectivity index (χ3n) is 5.30. The summed E-state index contributed by atoms with van der Waals surface area (Å²) in [5.41, 5.74) is 11.2. The van der Waals surface area contributed by atoms with Crippen LogP contribution in [-0.2, 0) is 4.79 Å². The number of carbonyl (C=O) groups excluding carboxylic acids is 1. The van der Waals surface area contributed by atoms with Crippen LogP contribution in [0.15, 0.2) is 4.99 Å². The number of nitrogens with one attached hydrogen (secondary N) is 1.